The zero-order valence-corrected chi connectivity index (χ0v) is 12.6. The van der Waals surface area contributed by atoms with Gasteiger partial charge in [-0.1, -0.05) is 19.1 Å². The molecular formula is C16H26FN3. The molecule has 1 aliphatic rings. The van der Waals surface area contributed by atoms with E-state index in [-0.39, 0.29) is 11.9 Å². The maximum atomic E-state index is 13.4. The minimum absolute atomic E-state index is 0.141. The molecule has 0 amide bonds. The summed E-state index contributed by atoms with van der Waals surface area (Å²) < 4.78 is 13.4. The molecule has 1 fully saturated rings. The Bertz CT molecular complexity index is 428. The Morgan fingerprint density at radius 3 is 2.50 bits per heavy atom. The van der Waals surface area contributed by atoms with Gasteiger partial charge >= 0.3 is 0 Å². The summed E-state index contributed by atoms with van der Waals surface area (Å²) in [7, 11) is 0. The van der Waals surface area contributed by atoms with Crippen molar-refractivity contribution in [1.29, 1.82) is 0 Å². The highest BCUT2D eigenvalue weighted by Gasteiger charge is 2.24. The normalized spacial score (nSPS) is 19.2. The van der Waals surface area contributed by atoms with E-state index in [0.717, 1.165) is 31.7 Å². The first-order valence-electron chi connectivity index (χ1n) is 7.58. The summed E-state index contributed by atoms with van der Waals surface area (Å²) in [5.74, 6) is -0.141. The van der Waals surface area contributed by atoms with Gasteiger partial charge in [-0.15, -0.1) is 0 Å². The van der Waals surface area contributed by atoms with E-state index < -0.39 is 0 Å². The van der Waals surface area contributed by atoms with Gasteiger partial charge in [0.2, 0.25) is 0 Å². The zero-order valence-electron chi connectivity index (χ0n) is 12.6. The standard InChI is InChI=1S/C16H26FN3/c1-3-6-19-7-9-20(10-8-19)16(12-18)14-4-5-15(17)13(2)11-14/h4-5,11,16H,3,6-10,12,18H2,1-2H3. The van der Waals surface area contributed by atoms with Gasteiger partial charge in [-0.25, -0.2) is 4.39 Å². The van der Waals surface area contributed by atoms with E-state index in [9.17, 15) is 4.39 Å². The summed E-state index contributed by atoms with van der Waals surface area (Å²) in [5, 5.41) is 0. The quantitative estimate of drug-likeness (QED) is 0.896. The van der Waals surface area contributed by atoms with Crippen molar-refractivity contribution in [2.45, 2.75) is 26.3 Å². The Morgan fingerprint density at radius 2 is 1.95 bits per heavy atom. The molecule has 2 N–H and O–H groups in total. The van der Waals surface area contributed by atoms with Crippen molar-refractivity contribution >= 4 is 0 Å². The Balaban J connectivity index is 2.03. The van der Waals surface area contributed by atoms with Gasteiger partial charge in [-0.3, -0.25) is 4.90 Å². The summed E-state index contributed by atoms with van der Waals surface area (Å²) in [5.41, 5.74) is 7.80. The molecule has 1 aliphatic heterocycles. The van der Waals surface area contributed by atoms with E-state index in [1.807, 2.05) is 19.1 Å². The molecule has 1 atom stereocenters. The van der Waals surface area contributed by atoms with Crippen LogP contribution < -0.4 is 5.73 Å². The lowest BCUT2D eigenvalue weighted by Gasteiger charge is -2.39. The molecule has 112 valence electrons. The minimum Gasteiger partial charge on any atom is -0.329 e. The molecule has 0 spiro atoms. The van der Waals surface area contributed by atoms with E-state index >= 15 is 0 Å². The minimum atomic E-state index is -0.141. The summed E-state index contributed by atoms with van der Waals surface area (Å²) in [6, 6.07) is 5.57. The van der Waals surface area contributed by atoms with Crippen molar-refractivity contribution in [3.63, 3.8) is 0 Å². The number of benzene rings is 1. The third kappa shape index (κ3) is 3.57. The van der Waals surface area contributed by atoms with Crippen molar-refractivity contribution in [3.05, 3.63) is 35.1 Å². The van der Waals surface area contributed by atoms with Crippen LogP contribution in [0.2, 0.25) is 0 Å². The molecule has 1 aromatic rings. The highest BCUT2D eigenvalue weighted by Crippen LogP contribution is 2.23. The average Bonchev–Trinajstić information content (AvgIpc) is 2.46. The smallest absolute Gasteiger partial charge is 0.126 e. The van der Waals surface area contributed by atoms with Crippen LogP contribution in [-0.2, 0) is 0 Å². The van der Waals surface area contributed by atoms with Crippen LogP contribution in [0.3, 0.4) is 0 Å². The molecule has 0 saturated carbocycles. The lowest BCUT2D eigenvalue weighted by Crippen LogP contribution is -2.49. The number of rotatable bonds is 5. The molecular weight excluding hydrogens is 253 g/mol. The van der Waals surface area contributed by atoms with Gasteiger partial charge < -0.3 is 10.6 Å². The maximum absolute atomic E-state index is 13.4. The van der Waals surface area contributed by atoms with Crippen LogP contribution in [0.15, 0.2) is 18.2 Å². The highest BCUT2D eigenvalue weighted by atomic mass is 19.1. The topological polar surface area (TPSA) is 32.5 Å². The zero-order chi connectivity index (χ0) is 14.5. The van der Waals surface area contributed by atoms with Crippen molar-refractivity contribution in [1.82, 2.24) is 9.80 Å². The van der Waals surface area contributed by atoms with Gasteiger partial charge in [0.15, 0.2) is 0 Å². The predicted octanol–water partition coefficient (Wildman–Crippen LogP) is 2.16. The second kappa shape index (κ2) is 7.16. The molecule has 1 unspecified atom stereocenters. The Kier molecular flexibility index (Phi) is 5.52. The molecule has 1 aromatic carbocycles. The molecule has 4 heteroatoms. The second-order valence-corrected chi connectivity index (χ2v) is 5.64. The van der Waals surface area contributed by atoms with Crippen LogP contribution in [0.25, 0.3) is 0 Å². The monoisotopic (exact) mass is 279 g/mol. The number of nitrogens with zero attached hydrogens (tertiary/aromatic N) is 2. The summed E-state index contributed by atoms with van der Waals surface area (Å²) in [6.45, 7) is 10.1. The summed E-state index contributed by atoms with van der Waals surface area (Å²) in [6.07, 6.45) is 1.21. The molecule has 0 aromatic heterocycles. The van der Waals surface area contributed by atoms with E-state index in [2.05, 4.69) is 16.7 Å². The molecule has 3 nitrogen and oxygen atoms in total. The number of nitrogens with two attached hydrogens (primary N) is 1. The van der Waals surface area contributed by atoms with Crippen LogP contribution in [-0.4, -0.2) is 49.1 Å². The third-order valence-corrected chi connectivity index (χ3v) is 4.18. The maximum Gasteiger partial charge on any atom is 0.126 e. The number of aryl methyl sites for hydroxylation is 1. The second-order valence-electron chi connectivity index (χ2n) is 5.64. The van der Waals surface area contributed by atoms with E-state index in [4.69, 9.17) is 5.73 Å². The van der Waals surface area contributed by atoms with Gasteiger partial charge in [0.25, 0.3) is 0 Å². The average molecular weight is 279 g/mol. The number of halogens is 1. The van der Waals surface area contributed by atoms with Crippen LogP contribution in [0.5, 0.6) is 0 Å². The van der Waals surface area contributed by atoms with Crippen molar-refractivity contribution in [3.8, 4) is 0 Å². The Morgan fingerprint density at radius 1 is 1.25 bits per heavy atom. The first-order valence-corrected chi connectivity index (χ1v) is 7.58. The number of piperazine rings is 1. The largest absolute Gasteiger partial charge is 0.329 e. The van der Waals surface area contributed by atoms with Crippen molar-refractivity contribution in [2.24, 2.45) is 5.73 Å². The molecule has 20 heavy (non-hydrogen) atoms. The summed E-state index contributed by atoms with van der Waals surface area (Å²) in [4.78, 5) is 4.93. The van der Waals surface area contributed by atoms with E-state index in [1.54, 1.807) is 6.07 Å². The van der Waals surface area contributed by atoms with Crippen LogP contribution in [0.4, 0.5) is 4.39 Å². The van der Waals surface area contributed by atoms with Crippen LogP contribution in [0.1, 0.15) is 30.5 Å². The first kappa shape index (κ1) is 15.4. The molecule has 0 aliphatic carbocycles. The predicted molar refractivity (Wildman–Crippen MR) is 81.2 cm³/mol. The summed E-state index contributed by atoms with van der Waals surface area (Å²) >= 11 is 0. The Hall–Kier alpha value is -0.970. The van der Waals surface area contributed by atoms with Gasteiger partial charge in [-0.2, -0.15) is 0 Å². The lowest BCUT2D eigenvalue weighted by atomic mass is 10.0. The molecule has 1 saturated heterocycles. The first-order chi connectivity index (χ1) is 9.65. The van der Waals surface area contributed by atoms with Crippen molar-refractivity contribution in [2.75, 3.05) is 39.3 Å². The highest BCUT2D eigenvalue weighted by molar-refractivity contribution is 5.27. The Labute approximate surface area is 121 Å². The number of hydrogen-bond donors (Lipinski definition) is 1. The van der Waals surface area contributed by atoms with E-state index in [0.29, 0.717) is 12.1 Å². The van der Waals surface area contributed by atoms with Crippen LogP contribution in [0, 0.1) is 12.7 Å². The molecule has 2 rings (SSSR count). The molecule has 0 radical (unpaired) electrons. The fourth-order valence-electron chi connectivity index (χ4n) is 2.99. The lowest BCUT2D eigenvalue weighted by molar-refractivity contribution is 0.0985. The fraction of sp³-hybridized carbons (Fsp3) is 0.625. The number of hydrogen-bond acceptors (Lipinski definition) is 3. The van der Waals surface area contributed by atoms with Gasteiger partial charge in [-0.05, 0) is 37.1 Å². The van der Waals surface area contributed by atoms with Crippen LogP contribution >= 0.6 is 0 Å². The SMILES string of the molecule is CCCN1CCN(C(CN)c2ccc(F)c(C)c2)CC1. The van der Waals surface area contributed by atoms with Gasteiger partial charge in [0.1, 0.15) is 5.82 Å². The third-order valence-electron chi connectivity index (χ3n) is 4.18. The van der Waals surface area contributed by atoms with Crippen molar-refractivity contribution < 1.29 is 4.39 Å². The van der Waals surface area contributed by atoms with E-state index in [1.165, 1.54) is 13.0 Å². The van der Waals surface area contributed by atoms with Gasteiger partial charge in [0.05, 0.1) is 0 Å². The molecule has 1 heterocycles. The molecule has 0 bridgehead atoms. The van der Waals surface area contributed by atoms with Gasteiger partial charge in [0, 0.05) is 38.8 Å². The fourth-order valence-corrected chi connectivity index (χ4v) is 2.99.